The van der Waals surface area contributed by atoms with Crippen LogP contribution in [0.3, 0.4) is 0 Å². The molecule has 3 rings (SSSR count). The van der Waals surface area contributed by atoms with Crippen molar-refractivity contribution in [2.45, 2.75) is 0 Å². The van der Waals surface area contributed by atoms with Crippen LogP contribution < -0.4 is 15.0 Å². The third-order valence-corrected chi connectivity index (χ3v) is 6.67. The van der Waals surface area contributed by atoms with Crippen LogP contribution in [0.25, 0.3) is 0 Å². The average molecular weight is 421 g/mol. The smallest absolute Gasteiger partial charge is 0.251 e. The van der Waals surface area contributed by atoms with Gasteiger partial charge in [-0.25, -0.2) is 12.8 Å². The molecule has 1 aliphatic rings. The van der Waals surface area contributed by atoms with E-state index in [0.29, 0.717) is 26.2 Å². The molecule has 0 atom stereocenters. The Balaban J connectivity index is 1.48. The van der Waals surface area contributed by atoms with Gasteiger partial charge in [-0.05, 0) is 42.5 Å². The molecule has 1 N–H and O–H groups in total. The highest BCUT2D eigenvalue weighted by atomic mass is 32.2. The highest BCUT2D eigenvalue weighted by molar-refractivity contribution is 7.89. The van der Waals surface area contributed by atoms with Crippen LogP contribution in [-0.4, -0.2) is 64.2 Å². The fraction of sp³-hybridized carbons (Fsp3) is 0.350. The van der Waals surface area contributed by atoms with Crippen molar-refractivity contribution in [3.05, 3.63) is 59.9 Å². The van der Waals surface area contributed by atoms with Crippen molar-refractivity contribution in [2.24, 2.45) is 0 Å². The second kappa shape index (κ2) is 9.23. The van der Waals surface area contributed by atoms with Crippen molar-refractivity contribution in [3.8, 4) is 5.75 Å². The molecular weight excluding hydrogens is 397 g/mol. The molecule has 1 amide bonds. The minimum Gasteiger partial charge on any atom is -0.497 e. The molecule has 0 spiro atoms. The van der Waals surface area contributed by atoms with Crippen LogP contribution in [0.4, 0.5) is 10.1 Å². The van der Waals surface area contributed by atoms with E-state index in [0.717, 1.165) is 17.5 Å². The van der Waals surface area contributed by atoms with Crippen LogP contribution in [0.15, 0.2) is 48.5 Å². The molecule has 1 heterocycles. The van der Waals surface area contributed by atoms with Crippen LogP contribution in [0.1, 0.15) is 10.4 Å². The third-order valence-electron chi connectivity index (χ3n) is 4.80. The van der Waals surface area contributed by atoms with Gasteiger partial charge >= 0.3 is 0 Å². The number of carbonyl (C=O) groups is 1. The summed E-state index contributed by atoms with van der Waals surface area (Å²) in [6.45, 7) is 1.90. The first-order valence-corrected chi connectivity index (χ1v) is 10.9. The van der Waals surface area contributed by atoms with E-state index in [1.165, 1.54) is 22.5 Å². The van der Waals surface area contributed by atoms with Gasteiger partial charge in [0.05, 0.1) is 12.9 Å². The first-order chi connectivity index (χ1) is 13.9. The number of nitrogens with one attached hydrogen (secondary N) is 1. The Bertz CT molecular complexity index is 942. The lowest BCUT2D eigenvalue weighted by Gasteiger charge is -2.35. The van der Waals surface area contributed by atoms with Crippen LogP contribution >= 0.6 is 0 Å². The number of anilines is 1. The average Bonchev–Trinajstić information content (AvgIpc) is 2.74. The van der Waals surface area contributed by atoms with Crippen molar-refractivity contribution >= 4 is 21.6 Å². The van der Waals surface area contributed by atoms with E-state index in [9.17, 15) is 17.6 Å². The van der Waals surface area contributed by atoms with E-state index >= 15 is 0 Å². The molecule has 2 aromatic rings. The number of benzene rings is 2. The number of hydrogen-bond donors (Lipinski definition) is 1. The topological polar surface area (TPSA) is 79.0 Å². The number of rotatable bonds is 7. The predicted octanol–water partition coefficient (Wildman–Crippen LogP) is 1.72. The number of carbonyl (C=O) groups excluding carboxylic acids is 1. The van der Waals surface area contributed by atoms with Gasteiger partial charge in [0.15, 0.2) is 0 Å². The monoisotopic (exact) mass is 421 g/mol. The molecular formula is C20H24FN3O4S. The number of halogens is 1. The Morgan fingerprint density at radius 3 is 2.41 bits per heavy atom. The van der Waals surface area contributed by atoms with Crippen molar-refractivity contribution < 1.29 is 22.3 Å². The Morgan fingerprint density at radius 2 is 1.79 bits per heavy atom. The largest absolute Gasteiger partial charge is 0.497 e. The van der Waals surface area contributed by atoms with Crippen LogP contribution in [0.5, 0.6) is 5.75 Å². The molecule has 0 saturated carbocycles. The molecule has 7 nitrogen and oxygen atoms in total. The molecule has 29 heavy (non-hydrogen) atoms. The predicted molar refractivity (Wildman–Crippen MR) is 109 cm³/mol. The summed E-state index contributed by atoms with van der Waals surface area (Å²) >= 11 is 0. The minimum absolute atomic E-state index is 0.0314. The molecule has 0 aromatic heterocycles. The summed E-state index contributed by atoms with van der Waals surface area (Å²) in [5.41, 5.74) is 1.18. The van der Waals surface area contributed by atoms with E-state index < -0.39 is 21.7 Å². The van der Waals surface area contributed by atoms with Gasteiger partial charge in [-0.2, -0.15) is 4.31 Å². The molecule has 9 heteroatoms. The summed E-state index contributed by atoms with van der Waals surface area (Å²) in [7, 11) is -1.88. The van der Waals surface area contributed by atoms with E-state index in [1.54, 1.807) is 7.11 Å². The Labute approximate surface area is 170 Å². The molecule has 2 aromatic carbocycles. The summed E-state index contributed by atoms with van der Waals surface area (Å²) in [6.07, 6.45) is 0. The summed E-state index contributed by atoms with van der Waals surface area (Å²) in [5, 5.41) is 2.53. The molecule has 1 aliphatic heterocycles. The zero-order valence-corrected chi connectivity index (χ0v) is 17.0. The zero-order chi connectivity index (χ0) is 20.9. The molecule has 0 bridgehead atoms. The van der Waals surface area contributed by atoms with Crippen molar-refractivity contribution in [1.29, 1.82) is 0 Å². The molecule has 1 fully saturated rings. The number of piperazine rings is 1. The fourth-order valence-electron chi connectivity index (χ4n) is 3.17. The summed E-state index contributed by atoms with van der Waals surface area (Å²) in [5.74, 6) is -0.435. The number of amides is 1. The van der Waals surface area contributed by atoms with Gasteiger partial charge in [0.1, 0.15) is 11.6 Å². The van der Waals surface area contributed by atoms with Crippen molar-refractivity contribution in [2.75, 3.05) is 50.5 Å². The first kappa shape index (κ1) is 21.1. The molecule has 0 unspecified atom stereocenters. The van der Waals surface area contributed by atoms with Crippen LogP contribution in [0, 0.1) is 5.82 Å². The lowest BCUT2D eigenvalue weighted by atomic mass is 10.2. The van der Waals surface area contributed by atoms with Gasteiger partial charge in [0.2, 0.25) is 10.0 Å². The number of sulfonamides is 1. The van der Waals surface area contributed by atoms with Crippen LogP contribution in [0.2, 0.25) is 0 Å². The quantitative estimate of drug-likeness (QED) is 0.737. The van der Waals surface area contributed by atoms with E-state index in [1.807, 2.05) is 24.3 Å². The standard InChI is InChI=1S/C20H24FN3O4S/c1-28-19-7-5-18(6-8-19)23-10-12-24(13-11-23)29(26,27)14-9-22-20(25)16-3-2-4-17(21)15-16/h2-8,15H,9-14H2,1H3,(H,22,25). The van der Waals surface area contributed by atoms with E-state index in [4.69, 9.17) is 4.74 Å². The SMILES string of the molecule is COc1ccc(N2CCN(S(=O)(=O)CCNC(=O)c3cccc(F)c3)CC2)cc1. The number of methoxy groups -OCH3 is 1. The Kier molecular flexibility index (Phi) is 6.71. The summed E-state index contributed by atoms with van der Waals surface area (Å²) in [4.78, 5) is 14.1. The normalized spacial score (nSPS) is 15.2. The highest BCUT2D eigenvalue weighted by Crippen LogP contribution is 2.21. The maximum atomic E-state index is 13.2. The molecule has 0 radical (unpaired) electrons. The Morgan fingerprint density at radius 1 is 1.10 bits per heavy atom. The second-order valence-electron chi connectivity index (χ2n) is 6.67. The van der Waals surface area contributed by atoms with E-state index in [2.05, 4.69) is 10.2 Å². The number of hydrogen-bond acceptors (Lipinski definition) is 5. The van der Waals surface area contributed by atoms with Gasteiger partial charge in [-0.15, -0.1) is 0 Å². The number of nitrogens with zero attached hydrogens (tertiary/aromatic N) is 2. The van der Waals surface area contributed by atoms with Gasteiger partial charge in [-0.1, -0.05) is 6.07 Å². The summed E-state index contributed by atoms with van der Waals surface area (Å²) < 4.78 is 44.9. The summed E-state index contributed by atoms with van der Waals surface area (Å²) in [6, 6.07) is 12.9. The number of ether oxygens (including phenoxy) is 1. The van der Waals surface area contributed by atoms with Crippen molar-refractivity contribution in [3.63, 3.8) is 0 Å². The van der Waals surface area contributed by atoms with E-state index in [-0.39, 0.29) is 17.9 Å². The van der Waals surface area contributed by atoms with Crippen LogP contribution in [-0.2, 0) is 10.0 Å². The van der Waals surface area contributed by atoms with Gasteiger partial charge in [0.25, 0.3) is 5.91 Å². The maximum Gasteiger partial charge on any atom is 0.251 e. The van der Waals surface area contributed by atoms with Gasteiger partial charge in [0, 0.05) is 44.0 Å². The van der Waals surface area contributed by atoms with Gasteiger partial charge in [-0.3, -0.25) is 4.79 Å². The first-order valence-electron chi connectivity index (χ1n) is 9.29. The van der Waals surface area contributed by atoms with Gasteiger partial charge < -0.3 is 15.0 Å². The molecule has 1 saturated heterocycles. The molecule has 0 aliphatic carbocycles. The minimum atomic E-state index is -3.49. The fourth-order valence-corrected chi connectivity index (χ4v) is 4.51. The lowest BCUT2D eigenvalue weighted by Crippen LogP contribution is -2.50. The zero-order valence-electron chi connectivity index (χ0n) is 16.2. The second-order valence-corrected chi connectivity index (χ2v) is 8.75. The molecule has 156 valence electrons. The maximum absolute atomic E-state index is 13.2. The lowest BCUT2D eigenvalue weighted by molar-refractivity contribution is 0.0955. The third kappa shape index (κ3) is 5.45. The Hall–Kier alpha value is -2.65. The van der Waals surface area contributed by atoms with Crippen molar-refractivity contribution in [1.82, 2.24) is 9.62 Å². The highest BCUT2D eigenvalue weighted by Gasteiger charge is 2.27.